The minimum absolute atomic E-state index is 0.0326. The first-order chi connectivity index (χ1) is 19.9. The van der Waals surface area contributed by atoms with Crippen LogP contribution >= 0.6 is 0 Å². The lowest BCUT2D eigenvalue weighted by Crippen LogP contribution is -2.51. The summed E-state index contributed by atoms with van der Waals surface area (Å²) in [5.74, 6) is -3.38. The molecule has 2 aliphatic heterocycles. The maximum absolute atomic E-state index is 13.5. The van der Waals surface area contributed by atoms with Crippen LogP contribution in [0.1, 0.15) is 6.92 Å². The van der Waals surface area contributed by atoms with Gasteiger partial charge in [0.15, 0.2) is 35.9 Å². The monoisotopic (exact) mass is 596 g/mol. The Hall–Kier alpha value is -3.71. The SMILES string of the molecule is CC(O)C(O)C(O)C(COC1OC2OC2C(O)C1O)OOc1c(-c2ccc(O)c(O)c2)oc2cc(O)cc(O)c2c1=O. The lowest BCUT2D eigenvalue weighted by atomic mass is 10.0. The van der Waals surface area contributed by atoms with E-state index in [-0.39, 0.29) is 11.1 Å². The zero-order valence-electron chi connectivity index (χ0n) is 21.7. The highest BCUT2D eigenvalue weighted by Crippen LogP contribution is 2.39. The molecule has 3 heterocycles. The smallest absolute Gasteiger partial charge is 0.256 e. The van der Waals surface area contributed by atoms with E-state index in [1.807, 2.05) is 0 Å². The Morgan fingerprint density at radius 1 is 0.905 bits per heavy atom. The largest absolute Gasteiger partial charge is 0.508 e. The van der Waals surface area contributed by atoms with Crippen LogP contribution in [-0.4, -0.2) is 108 Å². The Kier molecular flexibility index (Phi) is 8.17. The molecule has 42 heavy (non-hydrogen) atoms. The molecule has 2 aromatic carbocycles. The molecule has 3 aromatic rings. The van der Waals surface area contributed by atoms with Crippen molar-refractivity contribution in [3.8, 4) is 40.1 Å². The summed E-state index contributed by atoms with van der Waals surface area (Å²) in [7, 11) is 0. The van der Waals surface area contributed by atoms with Crippen LogP contribution in [0, 0.1) is 0 Å². The van der Waals surface area contributed by atoms with Gasteiger partial charge in [-0.25, -0.2) is 0 Å². The first-order valence-corrected chi connectivity index (χ1v) is 12.6. The Labute approximate surface area is 235 Å². The number of fused-ring (bicyclic) bond motifs is 2. The van der Waals surface area contributed by atoms with Gasteiger partial charge in [-0.05, 0) is 25.1 Å². The Morgan fingerprint density at radius 2 is 1.64 bits per heavy atom. The molecular weight excluding hydrogens is 568 g/mol. The summed E-state index contributed by atoms with van der Waals surface area (Å²) < 4.78 is 21.5. The molecule has 0 spiro atoms. The first kappa shape index (κ1) is 29.8. The van der Waals surface area contributed by atoms with Crippen molar-refractivity contribution in [3.63, 3.8) is 0 Å². The van der Waals surface area contributed by atoms with Crippen molar-refractivity contribution in [2.24, 2.45) is 0 Å². The average Bonchev–Trinajstić information content (AvgIpc) is 3.72. The molecule has 2 fully saturated rings. The number of aliphatic hydroxyl groups excluding tert-OH is 5. The molecule has 9 N–H and O–H groups in total. The van der Waals surface area contributed by atoms with E-state index in [0.29, 0.717) is 0 Å². The zero-order valence-corrected chi connectivity index (χ0v) is 21.7. The molecule has 9 unspecified atom stereocenters. The van der Waals surface area contributed by atoms with Crippen LogP contribution in [0.25, 0.3) is 22.3 Å². The van der Waals surface area contributed by atoms with Crippen molar-refractivity contribution in [1.29, 1.82) is 0 Å². The van der Waals surface area contributed by atoms with Gasteiger partial charge >= 0.3 is 0 Å². The predicted octanol–water partition coefficient (Wildman–Crippen LogP) is -1.12. The van der Waals surface area contributed by atoms with Crippen LogP contribution < -0.4 is 10.3 Å². The van der Waals surface area contributed by atoms with Gasteiger partial charge in [0, 0.05) is 17.7 Å². The second kappa shape index (κ2) is 11.5. The third kappa shape index (κ3) is 5.67. The van der Waals surface area contributed by atoms with Gasteiger partial charge in [-0.1, -0.05) is 0 Å². The molecule has 0 aliphatic carbocycles. The maximum Gasteiger partial charge on any atom is 0.256 e. The summed E-state index contributed by atoms with van der Waals surface area (Å²) in [6.45, 7) is 0.470. The Bertz CT molecular complexity index is 1500. The second-order valence-corrected chi connectivity index (χ2v) is 9.86. The third-order valence-electron chi connectivity index (χ3n) is 6.78. The number of ether oxygens (including phenoxy) is 3. The fraction of sp³-hybridized carbons (Fsp3) is 0.423. The number of aliphatic hydroxyl groups is 5. The maximum atomic E-state index is 13.5. The molecular formula is C26H28O16. The van der Waals surface area contributed by atoms with Gasteiger partial charge in [-0.2, -0.15) is 4.89 Å². The molecule has 2 aliphatic rings. The molecule has 16 heteroatoms. The van der Waals surface area contributed by atoms with Gasteiger partial charge in [0.25, 0.3) is 5.75 Å². The van der Waals surface area contributed by atoms with Gasteiger partial charge < -0.3 is 69.5 Å². The summed E-state index contributed by atoms with van der Waals surface area (Å²) in [6.07, 6.45) is -12.9. The van der Waals surface area contributed by atoms with Gasteiger partial charge in [-0.3, -0.25) is 4.79 Å². The van der Waals surface area contributed by atoms with Crippen molar-refractivity contribution < 1.29 is 74.4 Å². The summed E-state index contributed by atoms with van der Waals surface area (Å²) in [4.78, 5) is 24.0. The van der Waals surface area contributed by atoms with E-state index in [9.17, 15) is 50.8 Å². The molecule has 228 valence electrons. The molecule has 0 bridgehead atoms. The molecule has 1 aromatic heterocycles. The molecule has 0 radical (unpaired) electrons. The lowest BCUT2D eigenvalue weighted by molar-refractivity contribution is -0.310. The summed E-state index contributed by atoms with van der Waals surface area (Å²) in [6, 6.07) is 5.23. The third-order valence-corrected chi connectivity index (χ3v) is 6.78. The number of aromatic hydroxyl groups is 4. The summed E-state index contributed by atoms with van der Waals surface area (Å²) in [5, 5.41) is 90.5. The van der Waals surface area contributed by atoms with Crippen molar-refractivity contribution >= 4 is 11.0 Å². The van der Waals surface area contributed by atoms with E-state index in [1.54, 1.807) is 0 Å². The first-order valence-electron chi connectivity index (χ1n) is 12.6. The Morgan fingerprint density at radius 3 is 2.33 bits per heavy atom. The second-order valence-electron chi connectivity index (χ2n) is 9.86. The highest BCUT2D eigenvalue weighted by molar-refractivity contribution is 5.88. The van der Waals surface area contributed by atoms with E-state index in [4.69, 9.17) is 28.4 Å². The van der Waals surface area contributed by atoms with Gasteiger partial charge in [0.2, 0.25) is 5.43 Å². The highest BCUT2D eigenvalue weighted by Gasteiger charge is 2.56. The summed E-state index contributed by atoms with van der Waals surface area (Å²) in [5.41, 5.74) is -1.36. The number of phenolic OH excluding ortho intramolecular Hbond substituents is 4. The number of benzene rings is 2. The Balaban J connectivity index is 1.48. The van der Waals surface area contributed by atoms with Gasteiger partial charge in [-0.15, -0.1) is 0 Å². The van der Waals surface area contributed by atoms with Crippen molar-refractivity contribution in [3.05, 3.63) is 40.6 Å². The minimum Gasteiger partial charge on any atom is -0.508 e. The topological polar surface area (TPSA) is 262 Å². The standard InChI is InChI=1S/C26H28O16/c1-8(27)17(32)18(33)15(7-37-25-21(36)20(35)24-26(39-24)40-25)41-42-23-19(34)16-13(31)5-10(28)6-14(16)38-22(23)9-2-3-11(29)12(30)4-9/h2-6,8,15,17-18,20-21,24-33,35-36H,7H2,1H3. The number of rotatable bonds is 10. The molecule has 5 rings (SSSR count). The molecule has 9 atom stereocenters. The molecule has 0 saturated carbocycles. The molecule has 16 nitrogen and oxygen atoms in total. The van der Waals surface area contributed by atoms with Crippen molar-refractivity contribution in [2.45, 2.75) is 62.2 Å². The van der Waals surface area contributed by atoms with Crippen LogP contribution in [0.3, 0.4) is 0 Å². The number of hydrogen-bond donors (Lipinski definition) is 9. The fourth-order valence-electron chi connectivity index (χ4n) is 4.35. The fourth-order valence-corrected chi connectivity index (χ4v) is 4.35. The molecule has 2 saturated heterocycles. The number of epoxide rings is 1. The highest BCUT2D eigenvalue weighted by atomic mass is 17.2. The van der Waals surface area contributed by atoms with Crippen LogP contribution in [0.4, 0.5) is 0 Å². The van der Waals surface area contributed by atoms with Crippen LogP contribution in [0.2, 0.25) is 0 Å². The van der Waals surface area contributed by atoms with E-state index in [0.717, 1.165) is 24.3 Å². The number of phenols is 4. The van der Waals surface area contributed by atoms with Gasteiger partial charge in [0.1, 0.15) is 53.0 Å². The molecule has 0 amide bonds. The zero-order chi connectivity index (χ0) is 30.5. The minimum atomic E-state index is -1.93. The number of hydrogen-bond acceptors (Lipinski definition) is 16. The van der Waals surface area contributed by atoms with Crippen molar-refractivity contribution in [2.75, 3.05) is 6.61 Å². The van der Waals surface area contributed by atoms with E-state index in [1.165, 1.54) is 13.0 Å². The van der Waals surface area contributed by atoms with Crippen LogP contribution in [0.5, 0.6) is 28.7 Å². The van der Waals surface area contributed by atoms with E-state index < -0.39 is 107 Å². The van der Waals surface area contributed by atoms with Crippen LogP contribution in [0.15, 0.2) is 39.5 Å². The average molecular weight is 596 g/mol. The normalized spacial score (nSPS) is 26.3. The van der Waals surface area contributed by atoms with E-state index in [2.05, 4.69) is 0 Å². The quantitative estimate of drug-likeness (QED) is 0.0581. The predicted molar refractivity (Wildman–Crippen MR) is 135 cm³/mol. The van der Waals surface area contributed by atoms with Gasteiger partial charge in [0.05, 0.1) is 12.7 Å². The van der Waals surface area contributed by atoms with Crippen LogP contribution in [-0.2, 0) is 19.1 Å². The summed E-state index contributed by atoms with van der Waals surface area (Å²) >= 11 is 0. The van der Waals surface area contributed by atoms with Crippen molar-refractivity contribution in [1.82, 2.24) is 0 Å². The van der Waals surface area contributed by atoms with E-state index >= 15 is 0 Å². The lowest BCUT2D eigenvalue weighted by Gasteiger charge is -2.32.